The van der Waals surface area contributed by atoms with Gasteiger partial charge in [-0.15, -0.1) is 11.6 Å². The van der Waals surface area contributed by atoms with E-state index in [2.05, 4.69) is 0 Å². The van der Waals surface area contributed by atoms with Gasteiger partial charge in [0.25, 0.3) is 0 Å². The van der Waals surface area contributed by atoms with Gasteiger partial charge in [0, 0.05) is 32.2 Å². The fourth-order valence-corrected chi connectivity index (χ4v) is 1.42. The van der Waals surface area contributed by atoms with Crippen LogP contribution in [0.15, 0.2) is 0 Å². The molecule has 0 N–H and O–H groups in total. The lowest BCUT2D eigenvalue weighted by Gasteiger charge is -2.22. The average molecular weight is 248 g/mol. The van der Waals surface area contributed by atoms with Gasteiger partial charge >= 0.3 is 6.18 Å². The van der Waals surface area contributed by atoms with E-state index in [1.807, 2.05) is 6.92 Å². The van der Waals surface area contributed by atoms with Crippen molar-refractivity contribution < 1.29 is 17.9 Å². The Bertz CT molecular complexity index is 155. The number of hydrogen-bond donors (Lipinski definition) is 0. The van der Waals surface area contributed by atoms with Gasteiger partial charge in [-0.25, -0.2) is 0 Å². The predicted molar refractivity (Wildman–Crippen MR) is 54.3 cm³/mol. The van der Waals surface area contributed by atoms with E-state index in [4.69, 9.17) is 16.3 Å². The average Bonchev–Trinajstić information content (AvgIpc) is 2.10. The molecule has 0 aromatic heterocycles. The minimum absolute atomic E-state index is 0.213. The van der Waals surface area contributed by atoms with Crippen molar-refractivity contribution in [2.24, 2.45) is 0 Å². The summed E-state index contributed by atoms with van der Waals surface area (Å²) in [6, 6.07) is 0. The highest BCUT2D eigenvalue weighted by Gasteiger charge is 2.30. The van der Waals surface area contributed by atoms with Gasteiger partial charge in [0.15, 0.2) is 0 Å². The molecule has 0 unspecified atom stereocenters. The van der Waals surface area contributed by atoms with Crippen LogP contribution in [0.3, 0.4) is 0 Å². The highest BCUT2D eigenvalue weighted by Crippen LogP contribution is 2.16. The van der Waals surface area contributed by atoms with Gasteiger partial charge in [-0.1, -0.05) is 0 Å². The second kappa shape index (κ2) is 8.19. The van der Waals surface area contributed by atoms with E-state index in [9.17, 15) is 13.2 Å². The molecule has 0 aliphatic carbocycles. The minimum atomic E-state index is -4.16. The summed E-state index contributed by atoms with van der Waals surface area (Å²) in [5.74, 6) is 0.213. The Kier molecular flexibility index (Phi) is 8.19. The Morgan fingerprint density at radius 3 is 2.40 bits per heavy atom. The van der Waals surface area contributed by atoms with Crippen LogP contribution in [-0.4, -0.2) is 49.8 Å². The van der Waals surface area contributed by atoms with Gasteiger partial charge in [0.1, 0.15) is 0 Å². The number of halogens is 4. The normalized spacial score (nSPS) is 12.4. The smallest absolute Gasteiger partial charge is 0.382 e. The van der Waals surface area contributed by atoms with E-state index in [-0.39, 0.29) is 12.4 Å². The molecule has 0 spiro atoms. The van der Waals surface area contributed by atoms with E-state index in [0.717, 1.165) is 0 Å². The van der Waals surface area contributed by atoms with Crippen molar-refractivity contribution in [1.82, 2.24) is 4.90 Å². The summed E-state index contributed by atoms with van der Waals surface area (Å²) in [5.41, 5.74) is 0. The Hall–Kier alpha value is -0.0000000000000000555. The van der Waals surface area contributed by atoms with E-state index < -0.39 is 12.7 Å². The van der Waals surface area contributed by atoms with Crippen molar-refractivity contribution >= 4 is 11.6 Å². The van der Waals surface area contributed by atoms with Crippen molar-refractivity contribution in [3.63, 3.8) is 0 Å². The fourth-order valence-electron chi connectivity index (χ4n) is 1.18. The van der Waals surface area contributed by atoms with E-state index in [1.54, 1.807) is 0 Å². The molecular weight excluding hydrogens is 231 g/mol. The first-order chi connectivity index (χ1) is 6.99. The Morgan fingerprint density at radius 2 is 1.93 bits per heavy atom. The molecule has 0 radical (unpaired) electrons. The fraction of sp³-hybridized carbons (Fsp3) is 1.00. The highest BCUT2D eigenvalue weighted by molar-refractivity contribution is 6.18. The van der Waals surface area contributed by atoms with Gasteiger partial charge in [-0.3, -0.25) is 4.90 Å². The van der Waals surface area contributed by atoms with Crippen molar-refractivity contribution in [1.29, 1.82) is 0 Å². The maximum Gasteiger partial charge on any atom is 0.401 e. The lowest BCUT2D eigenvalue weighted by atomic mass is 10.4. The van der Waals surface area contributed by atoms with Gasteiger partial charge in [0.05, 0.1) is 6.54 Å². The van der Waals surface area contributed by atoms with Crippen molar-refractivity contribution in [2.45, 2.75) is 19.5 Å². The lowest BCUT2D eigenvalue weighted by molar-refractivity contribution is -0.145. The van der Waals surface area contributed by atoms with Crippen LogP contribution in [-0.2, 0) is 4.74 Å². The zero-order valence-corrected chi connectivity index (χ0v) is 9.57. The monoisotopic (exact) mass is 247 g/mol. The molecule has 0 rings (SSSR count). The van der Waals surface area contributed by atoms with Crippen LogP contribution in [0.25, 0.3) is 0 Å². The SMILES string of the molecule is CCOCCCN(CCCl)CC(F)(F)F. The van der Waals surface area contributed by atoms with Crippen molar-refractivity contribution in [2.75, 3.05) is 38.7 Å². The maximum absolute atomic E-state index is 12.1. The first kappa shape index (κ1) is 15.0. The predicted octanol–water partition coefficient (Wildman–Crippen LogP) is 2.52. The molecule has 0 aliphatic heterocycles. The summed E-state index contributed by atoms with van der Waals surface area (Å²) in [7, 11) is 0. The van der Waals surface area contributed by atoms with Crippen LogP contribution >= 0.6 is 11.6 Å². The molecule has 0 saturated heterocycles. The summed E-state index contributed by atoms with van der Waals surface area (Å²) in [6.07, 6.45) is -3.56. The van der Waals surface area contributed by atoms with Crippen molar-refractivity contribution in [3.8, 4) is 0 Å². The zero-order valence-electron chi connectivity index (χ0n) is 8.82. The molecule has 0 aromatic carbocycles. The summed E-state index contributed by atoms with van der Waals surface area (Å²) in [5, 5.41) is 0. The van der Waals surface area contributed by atoms with Crippen LogP contribution in [0, 0.1) is 0 Å². The topological polar surface area (TPSA) is 12.5 Å². The molecular formula is C9H17ClF3NO. The molecule has 0 heterocycles. The standard InChI is InChI=1S/C9H17ClF3NO/c1-2-15-7-3-5-14(6-4-10)8-9(11,12)13/h2-8H2,1H3. The molecule has 0 bridgehead atoms. The van der Waals surface area contributed by atoms with Crippen LogP contribution in [0.1, 0.15) is 13.3 Å². The van der Waals surface area contributed by atoms with Crippen molar-refractivity contribution in [3.05, 3.63) is 0 Å². The molecule has 92 valence electrons. The summed E-state index contributed by atoms with van der Waals surface area (Å²) in [4.78, 5) is 1.30. The summed E-state index contributed by atoms with van der Waals surface area (Å²) in [6.45, 7) is 2.67. The lowest BCUT2D eigenvalue weighted by Crippen LogP contribution is -2.36. The van der Waals surface area contributed by atoms with Gasteiger partial charge < -0.3 is 4.74 Å². The van der Waals surface area contributed by atoms with Crippen LogP contribution in [0.2, 0.25) is 0 Å². The molecule has 0 fully saturated rings. The zero-order chi connectivity index (χ0) is 11.7. The second-order valence-electron chi connectivity index (χ2n) is 3.13. The number of nitrogens with zero attached hydrogens (tertiary/aromatic N) is 1. The minimum Gasteiger partial charge on any atom is -0.382 e. The summed E-state index contributed by atoms with van der Waals surface area (Å²) < 4.78 is 41.3. The summed E-state index contributed by atoms with van der Waals surface area (Å²) >= 11 is 5.42. The Morgan fingerprint density at radius 1 is 1.27 bits per heavy atom. The molecule has 0 atom stereocenters. The third-order valence-corrected chi connectivity index (χ3v) is 1.94. The molecule has 6 heteroatoms. The number of ether oxygens (including phenoxy) is 1. The molecule has 15 heavy (non-hydrogen) atoms. The third kappa shape index (κ3) is 10.3. The first-order valence-corrected chi connectivity index (χ1v) is 5.46. The van der Waals surface area contributed by atoms with E-state index >= 15 is 0 Å². The van der Waals surface area contributed by atoms with E-state index in [0.29, 0.717) is 26.2 Å². The maximum atomic E-state index is 12.1. The quantitative estimate of drug-likeness (QED) is 0.483. The van der Waals surface area contributed by atoms with Crippen LogP contribution in [0.5, 0.6) is 0 Å². The number of rotatable bonds is 8. The molecule has 2 nitrogen and oxygen atoms in total. The van der Waals surface area contributed by atoms with Gasteiger partial charge in [-0.05, 0) is 13.3 Å². The van der Waals surface area contributed by atoms with Crippen LogP contribution < -0.4 is 0 Å². The number of hydrogen-bond acceptors (Lipinski definition) is 2. The molecule has 0 amide bonds. The first-order valence-electron chi connectivity index (χ1n) is 4.92. The van der Waals surface area contributed by atoms with E-state index in [1.165, 1.54) is 4.90 Å². The largest absolute Gasteiger partial charge is 0.401 e. The third-order valence-electron chi connectivity index (χ3n) is 1.77. The van der Waals surface area contributed by atoms with Crippen LogP contribution in [0.4, 0.5) is 13.2 Å². The Balaban J connectivity index is 3.73. The molecule has 0 saturated carbocycles. The molecule has 0 aromatic rings. The Labute approximate surface area is 93.3 Å². The molecule has 0 aliphatic rings. The number of alkyl halides is 4. The second-order valence-corrected chi connectivity index (χ2v) is 3.51. The van der Waals surface area contributed by atoms with Gasteiger partial charge in [-0.2, -0.15) is 13.2 Å². The highest BCUT2D eigenvalue weighted by atomic mass is 35.5. The van der Waals surface area contributed by atoms with Gasteiger partial charge in [0.2, 0.25) is 0 Å².